The van der Waals surface area contributed by atoms with Crippen LogP contribution in [0, 0.1) is 27.4 Å². The molecule has 12 nitrogen and oxygen atoms in total. The third-order valence-corrected chi connectivity index (χ3v) is 8.20. The van der Waals surface area contributed by atoms with Crippen molar-refractivity contribution in [3.63, 3.8) is 0 Å². The number of nitro groups is 1. The Balaban J connectivity index is 2.07. The number of ether oxygens (including phenoxy) is 7. The lowest BCUT2D eigenvalue weighted by molar-refractivity contribution is -0.536. The third kappa shape index (κ3) is 7.82. The largest absolute Gasteiger partial charge is 0.490 e. The van der Waals surface area contributed by atoms with Gasteiger partial charge in [0.05, 0.1) is 45.3 Å². The molecule has 2 aromatic carbocycles. The summed E-state index contributed by atoms with van der Waals surface area (Å²) >= 11 is 0. The van der Waals surface area contributed by atoms with E-state index in [1.165, 1.54) is 21.1 Å². The maximum Gasteiger partial charge on any atom is 0.303 e. The lowest BCUT2D eigenvalue weighted by Gasteiger charge is -2.36. The molecule has 1 heterocycles. The van der Waals surface area contributed by atoms with Gasteiger partial charge in [0, 0.05) is 17.4 Å². The van der Waals surface area contributed by atoms with E-state index in [9.17, 15) is 20.2 Å². The topological polar surface area (TPSA) is 149 Å². The molecule has 5 atom stereocenters. The zero-order valence-corrected chi connectivity index (χ0v) is 27.1. The number of rotatable bonds is 17. The van der Waals surface area contributed by atoms with Gasteiger partial charge in [0.15, 0.2) is 29.1 Å². The van der Waals surface area contributed by atoms with E-state index in [2.05, 4.69) is 6.07 Å². The first-order valence-electron chi connectivity index (χ1n) is 15.3. The number of carbonyl (C=O) groups is 1. The molecule has 0 bridgehead atoms. The molecule has 0 aromatic heterocycles. The van der Waals surface area contributed by atoms with E-state index < -0.39 is 34.6 Å². The summed E-state index contributed by atoms with van der Waals surface area (Å²) in [6.07, 6.45) is -1.16. The van der Waals surface area contributed by atoms with E-state index in [0.717, 1.165) is 0 Å². The van der Waals surface area contributed by atoms with Crippen molar-refractivity contribution in [1.29, 1.82) is 5.26 Å². The van der Waals surface area contributed by atoms with Gasteiger partial charge in [0.25, 0.3) is 6.04 Å². The molecule has 1 aliphatic heterocycles. The molecule has 0 fully saturated rings. The molecule has 0 saturated carbocycles. The van der Waals surface area contributed by atoms with E-state index in [1.54, 1.807) is 24.3 Å². The fraction of sp³-hybridized carbons (Fsp3) is 0.576. The summed E-state index contributed by atoms with van der Waals surface area (Å²) in [7, 11) is 2.97. The Morgan fingerprint density at radius 2 is 1.78 bits per heavy atom. The van der Waals surface area contributed by atoms with Gasteiger partial charge < -0.3 is 33.2 Å². The number of methoxy groups -OCH3 is 2. The second kappa shape index (κ2) is 16.1. The molecule has 3 rings (SSSR count). The lowest BCUT2D eigenvalue weighted by atomic mass is 9.67. The fourth-order valence-corrected chi connectivity index (χ4v) is 5.82. The van der Waals surface area contributed by atoms with Crippen LogP contribution >= 0.6 is 0 Å². The summed E-state index contributed by atoms with van der Waals surface area (Å²) in [5, 5.41) is 23.4. The molecule has 5 unspecified atom stereocenters. The fourth-order valence-electron chi connectivity index (χ4n) is 5.82. The number of hydrogen-bond donors (Lipinski definition) is 0. The molecule has 0 aliphatic carbocycles. The number of nitriles is 1. The minimum absolute atomic E-state index is 0.0111. The number of para-hydroxylation sites is 2. The number of hydrogen-bond acceptors (Lipinski definition) is 11. The quantitative estimate of drug-likeness (QED) is 0.117. The van der Waals surface area contributed by atoms with Gasteiger partial charge in [-0.3, -0.25) is 14.9 Å². The van der Waals surface area contributed by atoms with Gasteiger partial charge in [-0.05, 0) is 50.8 Å². The van der Waals surface area contributed by atoms with Gasteiger partial charge in [0.2, 0.25) is 11.5 Å². The Labute approximate surface area is 264 Å². The molecule has 0 amide bonds. The van der Waals surface area contributed by atoms with E-state index in [1.807, 2.05) is 33.8 Å². The van der Waals surface area contributed by atoms with Gasteiger partial charge in [-0.2, -0.15) is 5.26 Å². The predicted molar refractivity (Wildman–Crippen MR) is 165 cm³/mol. The van der Waals surface area contributed by atoms with Crippen LogP contribution in [0.3, 0.4) is 0 Å². The highest BCUT2D eigenvalue weighted by molar-refractivity contribution is 5.66. The molecule has 2 aromatic rings. The number of benzene rings is 2. The molecule has 0 radical (unpaired) electrons. The molecule has 45 heavy (non-hydrogen) atoms. The summed E-state index contributed by atoms with van der Waals surface area (Å²) in [4.78, 5) is 24.3. The van der Waals surface area contributed by atoms with Crippen LogP contribution in [-0.4, -0.2) is 63.2 Å². The van der Waals surface area contributed by atoms with Crippen LogP contribution in [0.5, 0.6) is 34.5 Å². The van der Waals surface area contributed by atoms with Gasteiger partial charge in [0.1, 0.15) is 12.7 Å². The number of esters is 1. The van der Waals surface area contributed by atoms with Crippen LogP contribution in [-0.2, 0) is 14.9 Å². The number of carbonyl (C=O) groups excluding carboxylic acids is 1. The third-order valence-electron chi connectivity index (χ3n) is 8.20. The standard InChI is InChI=1S/C33H44N2O10/c1-8-21(4)33(20-34,24-18-29(41-9-2)31(39-6)32(40-7)30(24)42-10-3)16-15-26(44-22(5)36)25(35(37)38)17-23-19-43-27-13-11-12-14-28(27)45-23/h11-14,18,21,23,25-26H,8-10,15-17,19H2,1-7H3. The number of nitrogens with zero attached hydrogens (tertiary/aromatic N) is 2. The van der Waals surface area contributed by atoms with Crippen LogP contribution < -0.4 is 28.4 Å². The second-order valence-corrected chi connectivity index (χ2v) is 10.8. The van der Waals surface area contributed by atoms with Crippen molar-refractivity contribution in [3.8, 4) is 40.6 Å². The Bertz CT molecular complexity index is 1360. The molecule has 0 N–H and O–H groups in total. The average Bonchev–Trinajstić information content (AvgIpc) is 3.03. The maximum absolute atomic E-state index is 12.5. The van der Waals surface area contributed by atoms with Crippen LogP contribution in [0.1, 0.15) is 65.9 Å². The van der Waals surface area contributed by atoms with Crippen LogP contribution in [0.15, 0.2) is 30.3 Å². The molecule has 1 aliphatic rings. The first-order valence-corrected chi connectivity index (χ1v) is 15.3. The second-order valence-electron chi connectivity index (χ2n) is 10.8. The molecular formula is C33H44N2O10. The summed E-state index contributed by atoms with van der Waals surface area (Å²) in [5.41, 5.74) is -0.740. The van der Waals surface area contributed by atoms with Gasteiger partial charge in [-0.1, -0.05) is 32.4 Å². The zero-order valence-electron chi connectivity index (χ0n) is 27.1. The van der Waals surface area contributed by atoms with E-state index in [4.69, 9.17) is 33.2 Å². The normalized spacial score (nSPS) is 17.1. The Hall–Kier alpha value is -4.40. The Morgan fingerprint density at radius 3 is 2.33 bits per heavy atom. The molecule has 0 spiro atoms. The summed E-state index contributed by atoms with van der Waals surface area (Å²) in [5.74, 6) is 1.42. The predicted octanol–water partition coefficient (Wildman–Crippen LogP) is 5.90. The lowest BCUT2D eigenvalue weighted by Crippen LogP contribution is -2.44. The summed E-state index contributed by atoms with van der Waals surface area (Å²) in [6.45, 7) is 9.46. The molecule has 12 heteroatoms. The Kier molecular flexibility index (Phi) is 12.5. The van der Waals surface area contributed by atoms with E-state index in [-0.39, 0.29) is 44.1 Å². The van der Waals surface area contributed by atoms with Crippen LogP contribution in [0.25, 0.3) is 0 Å². The van der Waals surface area contributed by atoms with E-state index >= 15 is 0 Å². The van der Waals surface area contributed by atoms with Crippen molar-refractivity contribution in [2.24, 2.45) is 5.92 Å². The minimum Gasteiger partial charge on any atom is -0.490 e. The van der Waals surface area contributed by atoms with Crippen molar-refractivity contribution in [2.75, 3.05) is 34.0 Å². The average molecular weight is 629 g/mol. The highest BCUT2D eigenvalue weighted by Crippen LogP contribution is 2.53. The van der Waals surface area contributed by atoms with Gasteiger partial charge in [-0.15, -0.1) is 0 Å². The first-order chi connectivity index (χ1) is 21.6. The zero-order chi connectivity index (χ0) is 33.1. The van der Waals surface area contributed by atoms with Crippen molar-refractivity contribution < 1.29 is 42.9 Å². The van der Waals surface area contributed by atoms with Crippen molar-refractivity contribution in [1.82, 2.24) is 0 Å². The van der Waals surface area contributed by atoms with Crippen molar-refractivity contribution in [2.45, 2.75) is 84.0 Å². The van der Waals surface area contributed by atoms with Crippen molar-refractivity contribution in [3.05, 3.63) is 46.0 Å². The molecule has 246 valence electrons. The smallest absolute Gasteiger partial charge is 0.303 e. The first kappa shape index (κ1) is 35.1. The van der Waals surface area contributed by atoms with Gasteiger partial charge >= 0.3 is 5.97 Å². The SMILES string of the molecule is CCOc1cc(C(C#N)(CCC(OC(C)=O)C(CC2COc3ccccc3O2)[N+](=O)[O-])C(C)CC)c(OCC)c(OC)c1OC. The van der Waals surface area contributed by atoms with Crippen molar-refractivity contribution >= 4 is 5.97 Å². The van der Waals surface area contributed by atoms with Gasteiger partial charge in [-0.25, -0.2) is 0 Å². The highest BCUT2D eigenvalue weighted by atomic mass is 16.6. The van der Waals surface area contributed by atoms with E-state index in [0.29, 0.717) is 47.3 Å². The van der Waals surface area contributed by atoms with Crippen LogP contribution in [0.2, 0.25) is 0 Å². The monoisotopic (exact) mass is 628 g/mol. The minimum atomic E-state index is -1.32. The Morgan fingerprint density at radius 1 is 1.11 bits per heavy atom. The summed E-state index contributed by atoms with van der Waals surface area (Å²) in [6, 6.07) is 10.0. The molecular weight excluding hydrogens is 584 g/mol. The van der Waals surface area contributed by atoms with Crippen LogP contribution in [0.4, 0.5) is 0 Å². The highest BCUT2D eigenvalue weighted by Gasteiger charge is 2.46. The maximum atomic E-state index is 12.5. The number of fused-ring (bicyclic) bond motifs is 1. The molecule has 0 saturated heterocycles. The summed E-state index contributed by atoms with van der Waals surface area (Å²) < 4.78 is 40.7.